The minimum atomic E-state index is -0.713. The van der Waals surface area contributed by atoms with E-state index in [1.165, 1.54) is 0 Å². The highest BCUT2D eigenvalue weighted by molar-refractivity contribution is 7.98. The van der Waals surface area contributed by atoms with Gasteiger partial charge < -0.3 is 15.4 Å². The molecule has 7 heteroatoms. The summed E-state index contributed by atoms with van der Waals surface area (Å²) in [7, 11) is 0. The van der Waals surface area contributed by atoms with E-state index >= 15 is 0 Å². The van der Waals surface area contributed by atoms with Crippen molar-refractivity contribution >= 4 is 23.8 Å². The van der Waals surface area contributed by atoms with Gasteiger partial charge in [0, 0.05) is 0 Å². The highest BCUT2D eigenvalue weighted by atomic mass is 32.2. The number of nitriles is 1. The lowest BCUT2D eigenvalue weighted by Gasteiger charge is -2.25. The Bertz CT molecular complexity index is 427. The summed E-state index contributed by atoms with van der Waals surface area (Å²) in [6.45, 7) is 9.22. The zero-order valence-electron chi connectivity index (χ0n) is 14.9. The molecule has 0 bridgehead atoms. The standard InChI is InChI=1S/C16H29N3O3S/c1-11(2)9-13(19-15(21)22-16(3,4)5)14(20)18-12(10-17)7-8-23-6/h11-13H,7-9H2,1-6H3,(H,18,20)(H,19,21)/t12-,13-/m0/s1. The third kappa shape index (κ3) is 10.9. The minimum Gasteiger partial charge on any atom is -0.444 e. The third-order valence-corrected chi connectivity index (χ3v) is 3.44. The van der Waals surface area contributed by atoms with Gasteiger partial charge in [0.1, 0.15) is 17.7 Å². The van der Waals surface area contributed by atoms with E-state index in [1.807, 2.05) is 20.1 Å². The summed E-state index contributed by atoms with van der Waals surface area (Å²) in [5, 5.41) is 14.4. The van der Waals surface area contributed by atoms with Crippen LogP contribution < -0.4 is 10.6 Å². The van der Waals surface area contributed by atoms with Crippen LogP contribution in [0.1, 0.15) is 47.5 Å². The quantitative estimate of drug-likeness (QED) is 0.707. The van der Waals surface area contributed by atoms with Crippen LogP contribution in [0, 0.1) is 17.2 Å². The Hall–Kier alpha value is -1.42. The SMILES string of the molecule is CSCC[C@@H](C#N)NC(=O)[C@H](CC(C)C)NC(=O)OC(C)(C)C. The van der Waals surface area contributed by atoms with Gasteiger partial charge >= 0.3 is 6.09 Å². The Labute approximate surface area is 143 Å². The summed E-state index contributed by atoms with van der Waals surface area (Å²) in [5.74, 6) is 0.650. The molecule has 0 saturated heterocycles. The first-order valence-corrected chi connectivity index (χ1v) is 9.17. The van der Waals surface area contributed by atoms with E-state index in [0.29, 0.717) is 12.8 Å². The van der Waals surface area contributed by atoms with Crippen molar-refractivity contribution in [1.29, 1.82) is 5.26 Å². The average molecular weight is 343 g/mol. The normalized spacial score (nSPS) is 13.8. The number of hydrogen-bond acceptors (Lipinski definition) is 5. The van der Waals surface area contributed by atoms with E-state index in [2.05, 4.69) is 16.7 Å². The van der Waals surface area contributed by atoms with E-state index in [4.69, 9.17) is 10.00 Å². The molecule has 0 aliphatic rings. The third-order valence-electron chi connectivity index (χ3n) is 2.80. The van der Waals surface area contributed by atoms with Gasteiger partial charge in [-0.25, -0.2) is 4.79 Å². The van der Waals surface area contributed by atoms with Crippen molar-refractivity contribution in [3.05, 3.63) is 0 Å². The number of amides is 2. The summed E-state index contributed by atoms with van der Waals surface area (Å²) >= 11 is 1.62. The number of carbonyl (C=O) groups excluding carboxylic acids is 2. The molecule has 2 atom stereocenters. The van der Waals surface area contributed by atoms with Crippen LogP contribution in [0.3, 0.4) is 0 Å². The number of nitrogens with zero attached hydrogens (tertiary/aromatic N) is 1. The Morgan fingerprint density at radius 3 is 2.30 bits per heavy atom. The van der Waals surface area contributed by atoms with Gasteiger partial charge in [0.25, 0.3) is 0 Å². The summed E-state index contributed by atoms with van der Waals surface area (Å²) in [6.07, 6.45) is 2.37. The lowest BCUT2D eigenvalue weighted by atomic mass is 10.0. The number of ether oxygens (including phenoxy) is 1. The summed E-state index contributed by atoms with van der Waals surface area (Å²) in [6, 6.07) is 0.814. The molecule has 0 rings (SSSR count). The predicted molar refractivity (Wildman–Crippen MR) is 93.2 cm³/mol. The maximum Gasteiger partial charge on any atom is 0.408 e. The minimum absolute atomic E-state index is 0.215. The highest BCUT2D eigenvalue weighted by Gasteiger charge is 2.26. The molecular formula is C16H29N3O3S. The molecule has 0 aromatic carbocycles. The Morgan fingerprint density at radius 2 is 1.87 bits per heavy atom. The van der Waals surface area contributed by atoms with Crippen LogP contribution >= 0.6 is 11.8 Å². The van der Waals surface area contributed by atoms with Gasteiger partial charge in [0.05, 0.1) is 6.07 Å². The van der Waals surface area contributed by atoms with E-state index in [0.717, 1.165) is 5.75 Å². The Kier molecular flexibility index (Phi) is 9.73. The zero-order chi connectivity index (χ0) is 18.0. The molecule has 0 aromatic heterocycles. The molecule has 2 N–H and O–H groups in total. The number of nitrogens with one attached hydrogen (secondary N) is 2. The fourth-order valence-corrected chi connectivity index (χ4v) is 2.30. The maximum atomic E-state index is 12.4. The molecule has 0 aliphatic heterocycles. The predicted octanol–water partition coefficient (Wildman–Crippen LogP) is 2.69. The molecule has 6 nitrogen and oxygen atoms in total. The van der Waals surface area contributed by atoms with Gasteiger partial charge in [-0.3, -0.25) is 4.79 Å². The van der Waals surface area contributed by atoms with E-state index < -0.39 is 23.8 Å². The summed E-state index contributed by atoms with van der Waals surface area (Å²) < 4.78 is 5.20. The molecule has 0 aliphatic carbocycles. The summed E-state index contributed by atoms with van der Waals surface area (Å²) in [5.41, 5.74) is -0.628. The molecule has 23 heavy (non-hydrogen) atoms. The summed E-state index contributed by atoms with van der Waals surface area (Å²) in [4.78, 5) is 24.3. The lowest BCUT2D eigenvalue weighted by Crippen LogP contribution is -2.51. The average Bonchev–Trinajstić information content (AvgIpc) is 2.39. The van der Waals surface area contributed by atoms with Crippen LogP contribution in [-0.4, -0.2) is 41.7 Å². The second-order valence-electron chi connectivity index (χ2n) is 6.80. The van der Waals surface area contributed by atoms with Crippen LogP contribution in [0.15, 0.2) is 0 Å². The van der Waals surface area contributed by atoms with E-state index in [1.54, 1.807) is 32.5 Å². The molecule has 0 aromatic rings. The number of alkyl carbamates (subject to hydrolysis) is 1. The van der Waals surface area contributed by atoms with Crippen molar-refractivity contribution in [3.8, 4) is 6.07 Å². The molecule has 0 fully saturated rings. The first-order valence-electron chi connectivity index (χ1n) is 7.77. The molecule has 0 heterocycles. The van der Waals surface area contributed by atoms with Crippen molar-refractivity contribution < 1.29 is 14.3 Å². The number of rotatable bonds is 8. The topological polar surface area (TPSA) is 91.2 Å². The van der Waals surface area contributed by atoms with Gasteiger partial charge in [-0.05, 0) is 51.5 Å². The van der Waals surface area contributed by atoms with Crippen molar-refractivity contribution in [3.63, 3.8) is 0 Å². The number of thioether (sulfide) groups is 1. The van der Waals surface area contributed by atoms with Crippen molar-refractivity contribution in [2.75, 3.05) is 12.0 Å². The molecule has 0 saturated carbocycles. The molecule has 132 valence electrons. The monoisotopic (exact) mass is 343 g/mol. The molecule has 0 radical (unpaired) electrons. The van der Waals surface area contributed by atoms with Gasteiger partial charge in [-0.15, -0.1) is 0 Å². The molecule has 0 spiro atoms. The maximum absolute atomic E-state index is 12.4. The Morgan fingerprint density at radius 1 is 1.26 bits per heavy atom. The molecule has 0 unspecified atom stereocenters. The van der Waals surface area contributed by atoms with Crippen LogP contribution in [0.2, 0.25) is 0 Å². The second-order valence-corrected chi connectivity index (χ2v) is 7.79. The van der Waals surface area contributed by atoms with E-state index in [-0.39, 0.29) is 11.8 Å². The van der Waals surface area contributed by atoms with Gasteiger partial charge in [-0.2, -0.15) is 17.0 Å². The van der Waals surface area contributed by atoms with E-state index in [9.17, 15) is 9.59 Å². The number of hydrogen-bond donors (Lipinski definition) is 2. The highest BCUT2D eigenvalue weighted by Crippen LogP contribution is 2.10. The van der Waals surface area contributed by atoms with Crippen molar-refractivity contribution in [1.82, 2.24) is 10.6 Å². The lowest BCUT2D eigenvalue weighted by molar-refractivity contribution is -0.124. The molecular weight excluding hydrogens is 314 g/mol. The Balaban J connectivity index is 4.78. The first-order chi connectivity index (χ1) is 10.6. The van der Waals surface area contributed by atoms with Crippen LogP contribution in [0.5, 0.6) is 0 Å². The van der Waals surface area contributed by atoms with Gasteiger partial charge in [0.15, 0.2) is 0 Å². The first kappa shape index (κ1) is 21.6. The number of carbonyl (C=O) groups is 2. The largest absolute Gasteiger partial charge is 0.444 e. The van der Waals surface area contributed by atoms with Crippen LogP contribution in [-0.2, 0) is 9.53 Å². The van der Waals surface area contributed by atoms with Crippen LogP contribution in [0.4, 0.5) is 4.79 Å². The van der Waals surface area contributed by atoms with Gasteiger partial charge in [0.2, 0.25) is 5.91 Å². The fourth-order valence-electron chi connectivity index (χ4n) is 1.83. The van der Waals surface area contributed by atoms with Crippen molar-refractivity contribution in [2.45, 2.75) is 65.1 Å². The molecule has 2 amide bonds. The van der Waals surface area contributed by atoms with Crippen LogP contribution in [0.25, 0.3) is 0 Å². The zero-order valence-corrected chi connectivity index (χ0v) is 15.8. The second kappa shape index (κ2) is 10.4. The smallest absolute Gasteiger partial charge is 0.408 e. The fraction of sp³-hybridized carbons (Fsp3) is 0.812. The van der Waals surface area contributed by atoms with Gasteiger partial charge in [-0.1, -0.05) is 13.8 Å². The van der Waals surface area contributed by atoms with Crippen molar-refractivity contribution in [2.24, 2.45) is 5.92 Å².